The maximum atomic E-state index is 4.54. The second-order valence-electron chi connectivity index (χ2n) is 5.57. The lowest BCUT2D eigenvalue weighted by Crippen LogP contribution is -2.36. The fraction of sp³-hybridized carbons (Fsp3) is 1.00. The van der Waals surface area contributed by atoms with Crippen molar-refractivity contribution in [2.45, 2.75) is 12.8 Å². The van der Waals surface area contributed by atoms with Gasteiger partial charge in [0.2, 0.25) is 0 Å². The van der Waals surface area contributed by atoms with Crippen LogP contribution in [0.1, 0.15) is 12.8 Å². The van der Waals surface area contributed by atoms with Gasteiger partial charge in [-0.05, 0) is 53.6 Å². The summed E-state index contributed by atoms with van der Waals surface area (Å²) in [5.74, 6) is 0. The number of nitrogens with zero attached hydrogens (tertiary/aromatic N) is 4. The Morgan fingerprint density at radius 2 is 0.818 bits per heavy atom. The lowest BCUT2D eigenvalue weighted by atomic mass is 10.3. The van der Waals surface area contributed by atoms with Gasteiger partial charge < -0.3 is 14.7 Å². The highest BCUT2D eigenvalue weighted by Crippen LogP contribution is 2.00. The van der Waals surface area contributed by atoms with E-state index in [-0.39, 0.29) is 49.6 Å². The van der Waals surface area contributed by atoms with E-state index >= 15 is 0 Å². The quantitative estimate of drug-likeness (QED) is 0.605. The molecular formula is C13H34Cl4N4S. The maximum Gasteiger partial charge on any atom is 0.0215 e. The Hall–Kier alpha value is 1.35. The third kappa shape index (κ3) is 16.2. The van der Waals surface area contributed by atoms with Crippen LogP contribution in [0.25, 0.3) is 0 Å². The molecule has 0 bridgehead atoms. The Morgan fingerprint density at radius 1 is 0.500 bits per heavy atom. The molecule has 0 aromatic carbocycles. The molecule has 1 aliphatic rings. The van der Waals surface area contributed by atoms with Gasteiger partial charge in [0.1, 0.15) is 0 Å². The molecule has 0 amide bonds. The van der Waals surface area contributed by atoms with Crippen LogP contribution in [0.15, 0.2) is 0 Å². The summed E-state index contributed by atoms with van der Waals surface area (Å²) in [6, 6.07) is 0. The molecule has 22 heavy (non-hydrogen) atoms. The van der Waals surface area contributed by atoms with Crippen LogP contribution in [0.5, 0.6) is 0 Å². The average Bonchev–Trinajstić information content (AvgIpc) is 2.33. The van der Waals surface area contributed by atoms with Crippen molar-refractivity contribution >= 4 is 62.4 Å². The molecule has 0 aromatic rings. The summed E-state index contributed by atoms with van der Waals surface area (Å²) >= 11 is 4.54. The van der Waals surface area contributed by atoms with Gasteiger partial charge in [-0.15, -0.1) is 49.6 Å². The van der Waals surface area contributed by atoms with Crippen LogP contribution in [-0.4, -0.2) is 92.5 Å². The molecule has 0 spiro atoms. The summed E-state index contributed by atoms with van der Waals surface area (Å²) in [7, 11) is 6.66. The summed E-state index contributed by atoms with van der Waals surface area (Å²) in [6.45, 7) is 9.13. The Kier molecular flexibility index (Phi) is 26.5. The molecule has 140 valence electrons. The van der Waals surface area contributed by atoms with Gasteiger partial charge in [0.25, 0.3) is 0 Å². The molecule has 1 rings (SSSR count). The minimum absolute atomic E-state index is 0. The summed E-state index contributed by atoms with van der Waals surface area (Å²) in [5, 5.41) is 0. The topological polar surface area (TPSA) is 13.0 Å². The second-order valence-corrected chi connectivity index (χ2v) is 6.14. The first-order valence-corrected chi connectivity index (χ1v) is 7.47. The van der Waals surface area contributed by atoms with E-state index in [0.29, 0.717) is 0 Å². The van der Waals surface area contributed by atoms with Crippen molar-refractivity contribution in [1.82, 2.24) is 19.0 Å². The molecule has 1 heterocycles. The Labute approximate surface area is 167 Å². The van der Waals surface area contributed by atoms with Gasteiger partial charge >= 0.3 is 0 Å². The standard InChI is InChI=1S/C13H30N4S.4ClH/c1-14-6-4-7-16(3)12-13-17(18)9-5-8-15(2)11-10-14;;;;/h18H,4-13H2,1-3H3;4*1H. The molecule has 0 N–H and O–H groups in total. The van der Waals surface area contributed by atoms with E-state index in [0.717, 1.165) is 19.6 Å². The maximum absolute atomic E-state index is 4.54. The summed E-state index contributed by atoms with van der Waals surface area (Å²) in [6.07, 6.45) is 2.46. The predicted octanol–water partition coefficient (Wildman–Crippen LogP) is 2.41. The fourth-order valence-corrected chi connectivity index (χ4v) is 2.44. The molecule has 0 unspecified atom stereocenters. The van der Waals surface area contributed by atoms with E-state index < -0.39 is 0 Å². The Morgan fingerprint density at radius 3 is 1.23 bits per heavy atom. The highest BCUT2D eigenvalue weighted by molar-refractivity contribution is 7.77. The van der Waals surface area contributed by atoms with E-state index in [2.05, 4.69) is 53.0 Å². The van der Waals surface area contributed by atoms with Gasteiger partial charge in [-0.25, -0.2) is 0 Å². The minimum Gasteiger partial charge on any atom is -0.305 e. The summed E-state index contributed by atoms with van der Waals surface area (Å²) in [4.78, 5) is 7.28. The van der Waals surface area contributed by atoms with Crippen LogP contribution in [0.4, 0.5) is 0 Å². The minimum atomic E-state index is 0. The predicted molar refractivity (Wildman–Crippen MR) is 111 cm³/mol. The third-order valence-corrected chi connectivity index (χ3v) is 4.04. The lowest BCUT2D eigenvalue weighted by Gasteiger charge is -2.26. The van der Waals surface area contributed by atoms with Crippen LogP contribution in [-0.2, 0) is 0 Å². The zero-order chi connectivity index (χ0) is 13.4. The monoisotopic (exact) mass is 418 g/mol. The van der Waals surface area contributed by atoms with E-state index in [1.54, 1.807) is 0 Å². The van der Waals surface area contributed by atoms with Crippen LogP contribution in [0, 0.1) is 0 Å². The van der Waals surface area contributed by atoms with E-state index in [1.165, 1.54) is 45.6 Å². The van der Waals surface area contributed by atoms with E-state index in [1.807, 2.05) is 0 Å². The number of hydrogen-bond donors (Lipinski definition) is 1. The van der Waals surface area contributed by atoms with Crippen molar-refractivity contribution < 1.29 is 0 Å². The molecular weight excluding hydrogens is 386 g/mol. The molecule has 1 aliphatic heterocycles. The molecule has 0 aromatic heterocycles. The lowest BCUT2D eigenvalue weighted by molar-refractivity contribution is 0.224. The molecule has 9 heteroatoms. The molecule has 1 saturated heterocycles. The first-order valence-electron chi connectivity index (χ1n) is 7.07. The van der Waals surface area contributed by atoms with Crippen molar-refractivity contribution in [2.75, 3.05) is 73.5 Å². The van der Waals surface area contributed by atoms with Crippen LogP contribution < -0.4 is 0 Å². The van der Waals surface area contributed by atoms with Gasteiger partial charge in [-0.3, -0.25) is 4.31 Å². The molecule has 0 radical (unpaired) electrons. The van der Waals surface area contributed by atoms with Crippen LogP contribution in [0.2, 0.25) is 0 Å². The third-order valence-electron chi connectivity index (χ3n) is 3.64. The largest absolute Gasteiger partial charge is 0.305 e. The normalized spacial score (nSPS) is 21.3. The zero-order valence-electron chi connectivity index (χ0n) is 13.9. The molecule has 0 atom stereocenters. The van der Waals surface area contributed by atoms with Crippen molar-refractivity contribution in [2.24, 2.45) is 0 Å². The SMILES string of the molecule is CN1CCCN(C)CCN(S)CCCN(C)CC1.Cl.Cl.Cl.Cl. The molecule has 0 aliphatic carbocycles. The fourth-order valence-electron chi connectivity index (χ4n) is 2.21. The van der Waals surface area contributed by atoms with Gasteiger partial charge in [0, 0.05) is 32.7 Å². The van der Waals surface area contributed by atoms with Crippen LogP contribution in [0.3, 0.4) is 0 Å². The summed E-state index contributed by atoms with van der Waals surface area (Å²) < 4.78 is 2.15. The smallest absolute Gasteiger partial charge is 0.0215 e. The van der Waals surface area contributed by atoms with Crippen molar-refractivity contribution in [3.05, 3.63) is 0 Å². The highest BCUT2D eigenvalue weighted by atomic mass is 35.5. The van der Waals surface area contributed by atoms with E-state index in [9.17, 15) is 0 Å². The number of rotatable bonds is 0. The van der Waals surface area contributed by atoms with Gasteiger partial charge in [0.05, 0.1) is 0 Å². The molecule has 0 saturated carbocycles. The number of thiol groups is 1. The van der Waals surface area contributed by atoms with Crippen molar-refractivity contribution in [3.8, 4) is 0 Å². The van der Waals surface area contributed by atoms with E-state index in [4.69, 9.17) is 0 Å². The van der Waals surface area contributed by atoms with Crippen molar-refractivity contribution in [3.63, 3.8) is 0 Å². The average molecular weight is 420 g/mol. The number of hydrogen-bond acceptors (Lipinski definition) is 5. The first-order chi connectivity index (χ1) is 8.58. The molecule has 1 fully saturated rings. The number of likely N-dealkylation sites (N-methyl/N-ethyl adjacent to an activating group) is 3. The van der Waals surface area contributed by atoms with Crippen molar-refractivity contribution in [1.29, 1.82) is 0 Å². The Bertz CT molecular complexity index is 188. The van der Waals surface area contributed by atoms with Gasteiger partial charge in [-0.2, -0.15) is 0 Å². The second kappa shape index (κ2) is 18.7. The molecule has 4 nitrogen and oxygen atoms in total. The zero-order valence-corrected chi connectivity index (χ0v) is 18.1. The Balaban J connectivity index is -0.000000405. The van der Waals surface area contributed by atoms with Crippen LogP contribution >= 0.6 is 62.4 Å². The summed E-state index contributed by atoms with van der Waals surface area (Å²) in [5.41, 5.74) is 0. The van der Waals surface area contributed by atoms with Gasteiger partial charge in [-0.1, -0.05) is 12.8 Å². The number of halogens is 4. The first kappa shape index (κ1) is 31.2. The van der Waals surface area contributed by atoms with Gasteiger partial charge in [0.15, 0.2) is 0 Å². The highest BCUT2D eigenvalue weighted by Gasteiger charge is 2.07.